The highest BCUT2D eigenvalue weighted by Gasteiger charge is 2.41. The van der Waals surface area contributed by atoms with Gasteiger partial charge in [0, 0.05) is 26.2 Å². The Morgan fingerprint density at radius 3 is 2.68 bits per heavy atom. The third-order valence-corrected chi connectivity index (χ3v) is 3.78. The van der Waals surface area contributed by atoms with Crippen LogP contribution in [0.15, 0.2) is 6.20 Å². The van der Waals surface area contributed by atoms with Gasteiger partial charge in [0.05, 0.1) is 11.4 Å². The van der Waals surface area contributed by atoms with Crippen LogP contribution in [0.2, 0.25) is 0 Å². The Bertz CT molecular complexity index is 533. The molecule has 0 radical (unpaired) electrons. The van der Waals surface area contributed by atoms with Gasteiger partial charge in [-0.15, -0.1) is 0 Å². The van der Waals surface area contributed by atoms with Crippen LogP contribution in [-0.4, -0.2) is 34.2 Å². The zero-order valence-electron chi connectivity index (χ0n) is 11.2. The fourth-order valence-corrected chi connectivity index (χ4v) is 2.64. The first-order chi connectivity index (χ1) is 9.06. The molecule has 1 aliphatic carbocycles. The van der Waals surface area contributed by atoms with E-state index in [4.69, 9.17) is 0 Å². The Hall–Kier alpha value is -1.85. The Kier molecular flexibility index (Phi) is 2.80. The number of hydrogen-bond acceptors (Lipinski definition) is 3. The van der Waals surface area contributed by atoms with Gasteiger partial charge in [0.15, 0.2) is 0 Å². The fourth-order valence-electron chi connectivity index (χ4n) is 2.64. The summed E-state index contributed by atoms with van der Waals surface area (Å²) in [5, 5.41) is 7.13. The van der Waals surface area contributed by atoms with Gasteiger partial charge in [-0.2, -0.15) is 5.10 Å². The quantitative estimate of drug-likeness (QED) is 0.837. The van der Waals surface area contributed by atoms with Crippen molar-refractivity contribution in [3.8, 4) is 0 Å². The maximum Gasteiger partial charge on any atom is 0.249 e. The van der Waals surface area contributed by atoms with E-state index in [9.17, 15) is 9.59 Å². The minimum absolute atomic E-state index is 0.00412. The Balaban J connectivity index is 1.92. The van der Waals surface area contributed by atoms with Gasteiger partial charge < -0.3 is 10.2 Å². The summed E-state index contributed by atoms with van der Waals surface area (Å²) in [6, 6.07) is -0.352. The molecule has 1 aromatic heterocycles. The van der Waals surface area contributed by atoms with Crippen molar-refractivity contribution >= 4 is 17.5 Å². The summed E-state index contributed by atoms with van der Waals surface area (Å²) in [5.74, 6) is 0.285. The standard InChI is InChI=1S/C13H18N4O2/c1-8-10(7-16(2)15-8)17-6-5-11(18)14-12(13(17)19)9-3-4-9/h7,9,12H,3-6H2,1-2H3,(H,14,18). The molecule has 19 heavy (non-hydrogen) atoms. The summed E-state index contributed by atoms with van der Waals surface area (Å²) >= 11 is 0. The maximum absolute atomic E-state index is 12.6. The number of nitrogens with zero attached hydrogens (tertiary/aromatic N) is 3. The summed E-state index contributed by atoms with van der Waals surface area (Å²) in [5.41, 5.74) is 1.63. The van der Waals surface area contributed by atoms with Crippen molar-refractivity contribution in [3.63, 3.8) is 0 Å². The van der Waals surface area contributed by atoms with Crippen LogP contribution in [0.3, 0.4) is 0 Å². The molecule has 2 aliphatic rings. The van der Waals surface area contributed by atoms with Gasteiger partial charge in [-0.1, -0.05) is 0 Å². The Morgan fingerprint density at radius 1 is 1.37 bits per heavy atom. The lowest BCUT2D eigenvalue weighted by atomic mass is 10.1. The smallest absolute Gasteiger partial charge is 0.249 e. The molecule has 0 aromatic carbocycles. The lowest BCUT2D eigenvalue weighted by molar-refractivity contribution is -0.126. The molecule has 6 nitrogen and oxygen atoms in total. The van der Waals surface area contributed by atoms with Crippen LogP contribution in [0.25, 0.3) is 0 Å². The molecule has 1 aliphatic heterocycles. The largest absolute Gasteiger partial charge is 0.344 e. The second-order valence-electron chi connectivity index (χ2n) is 5.40. The van der Waals surface area contributed by atoms with Crippen LogP contribution in [-0.2, 0) is 16.6 Å². The van der Waals surface area contributed by atoms with Crippen LogP contribution >= 0.6 is 0 Å². The third kappa shape index (κ3) is 2.22. The molecule has 1 saturated carbocycles. The van der Waals surface area contributed by atoms with Crippen LogP contribution < -0.4 is 10.2 Å². The molecule has 1 aromatic rings. The van der Waals surface area contributed by atoms with Gasteiger partial charge in [0.2, 0.25) is 11.8 Å². The van der Waals surface area contributed by atoms with Gasteiger partial charge in [0.25, 0.3) is 0 Å². The fraction of sp³-hybridized carbons (Fsp3) is 0.615. The van der Waals surface area contributed by atoms with Gasteiger partial charge in [-0.25, -0.2) is 0 Å². The minimum atomic E-state index is -0.352. The first-order valence-electron chi connectivity index (χ1n) is 6.67. The number of carbonyl (C=O) groups is 2. The Morgan fingerprint density at radius 2 is 2.11 bits per heavy atom. The second-order valence-corrected chi connectivity index (χ2v) is 5.40. The predicted octanol–water partition coefficient (Wildman–Crippen LogP) is 0.360. The normalized spacial score (nSPS) is 24.3. The molecule has 102 valence electrons. The second kappa shape index (κ2) is 4.36. The van der Waals surface area contributed by atoms with Crippen molar-refractivity contribution < 1.29 is 9.59 Å². The molecule has 6 heteroatoms. The van der Waals surface area contributed by atoms with E-state index in [0.29, 0.717) is 18.9 Å². The van der Waals surface area contributed by atoms with E-state index in [0.717, 1.165) is 24.2 Å². The first kappa shape index (κ1) is 12.2. The average molecular weight is 262 g/mol. The summed E-state index contributed by atoms with van der Waals surface area (Å²) in [6.45, 7) is 2.31. The first-order valence-corrected chi connectivity index (χ1v) is 6.67. The predicted molar refractivity (Wildman–Crippen MR) is 69.6 cm³/mol. The lowest BCUT2D eigenvalue weighted by Crippen LogP contribution is -2.46. The number of nitrogens with one attached hydrogen (secondary N) is 1. The highest BCUT2D eigenvalue weighted by Crippen LogP contribution is 2.35. The molecule has 1 N–H and O–H groups in total. The maximum atomic E-state index is 12.6. The van der Waals surface area contributed by atoms with Crippen molar-refractivity contribution in [1.29, 1.82) is 0 Å². The van der Waals surface area contributed by atoms with E-state index in [2.05, 4.69) is 10.4 Å². The SMILES string of the molecule is Cc1nn(C)cc1N1CCC(=O)NC(C2CC2)C1=O. The molecule has 1 atom stereocenters. The van der Waals surface area contributed by atoms with Gasteiger partial charge in [-0.3, -0.25) is 14.3 Å². The van der Waals surface area contributed by atoms with Crippen molar-refractivity contribution in [3.05, 3.63) is 11.9 Å². The van der Waals surface area contributed by atoms with E-state index < -0.39 is 0 Å². The van der Waals surface area contributed by atoms with E-state index >= 15 is 0 Å². The van der Waals surface area contributed by atoms with E-state index in [1.807, 2.05) is 20.2 Å². The van der Waals surface area contributed by atoms with Crippen molar-refractivity contribution in [1.82, 2.24) is 15.1 Å². The highest BCUT2D eigenvalue weighted by molar-refractivity contribution is 6.01. The molecule has 3 rings (SSSR count). The van der Waals surface area contributed by atoms with Crippen molar-refractivity contribution in [2.24, 2.45) is 13.0 Å². The molecule has 1 saturated heterocycles. The third-order valence-electron chi connectivity index (χ3n) is 3.78. The zero-order chi connectivity index (χ0) is 13.6. The van der Waals surface area contributed by atoms with Gasteiger partial charge >= 0.3 is 0 Å². The summed E-state index contributed by atoms with van der Waals surface area (Å²) < 4.78 is 1.70. The number of rotatable bonds is 2. The highest BCUT2D eigenvalue weighted by atomic mass is 16.2. The summed E-state index contributed by atoms with van der Waals surface area (Å²) in [7, 11) is 1.83. The Labute approximate surface area is 111 Å². The molecular weight excluding hydrogens is 244 g/mol. The molecule has 2 amide bonds. The summed E-state index contributed by atoms with van der Waals surface area (Å²) in [4.78, 5) is 26.0. The molecule has 0 spiro atoms. The van der Waals surface area contributed by atoms with Crippen molar-refractivity contribution in [2.45, 2.75) is 32.2 Å². The van der Waals surface area contributed by atoms with Gasteiger partial charge in [-0.05, 0) is 25.7 Å². The number of aromatic nitrogens is 2. The summed E-state index contributed by atoms with van der Waals surface area (Å²) in [6.07, 6.45) is 4.24. The topological polar surface area (TPSA) is 67.2 Å². The van der Waals surface area contributed by atoms with E-state index in [-0.39, 0.29) is 17.9 Å². The van der Waals surface area contributed by atoms with Gasteiger partial charge in [0.1, 0.15) is 6.04 Å². The van der Waals surface area contributed by atoms with Crippen LogP contribution in [0.4, 0.5) is 5.69 Å². The lowest BCUT2D eigenvalue weighted by Gasteiger charge is -2.23. The average Bonchev–Trinajstić information content (AvgIpc) is 3.13. The zero-order valence-corrected chi connectivity index (χ0v) is 11.2. The van der Waals surface area contributed by atoms with E-state index in [1.54, 1.807) is 9.58 Å². The van der Waals surface area contributed by atoms with Crippen LogP contribution in [0, 0.1) is 12.8 Å². The molecule has 1 unspecified atom stereocenters. The van der Waals surface area contributed by atoms with Crippen LogP contribution in [0.1, 0.15) is 25.0 Å². The number of anilines is 1. The number of carbonyl (C=O) groups excluding carboxylic acids is 2. The molecule has 0 bridgehead atoms. The number of amides is 2. The molecule has 2 fully saturated rings. The molecule has 2 heterocycles. The van der Waals surface area contributed by atoms with E-state index in [1.165, 1.54) is 0 Å². The molecular formula is C13H18N4O2. The van der Waals surface area contributed by atoms with Crippen LogP contribution in [0.5, 0.6) is 0 Å². The monoisotopic (exact) mass is 262 g/mol. The van der Waals surface area contributed by atoms with Crippen molar-refractivity contribution in [2.75, 3.05) is 11.4 Å². The number of aryl methyl sites for hydroxylation is 2. The number of hydrogen-bond donors (Lipinski definition) is 1. The minimum Gasteiger partial charge on any atom is -0.344 e.